The average molecular weight is 243 g/mol. The lowest BCUT2D eigenvalue weighted by atomic mass is 10.1. The highest BCUT2D eigenvalue weighted by molar-refractivity contribution is 5.73. The zero-order valence-electron chi connectivity index (χ0n) is 10.8. The van der Waals surface area contributed by atoms with Crippen LogP contribution in [0.1, 0.15) is 19.5 Å². The number of hydrogen-bond donors (Lipinski definition) is 1. The van der Waals surface area contributed by atoms with Crippen LogP contribution < -0.4 is 10.5 Å². The molecular weight excluding hydrogens is 226 g/mol. The van der Waals surface area contributed by atoms with E-state index in [4.69, 9.17) is 10.5 Å². The predicted octanol–water partition coefficient (Wildman–Crippen LogP) is 2.82. The molecule has 0 amide bonds. The fourth-order valence-electron chi connectivity index (χ4n) is 1.68. The Balaban J connectivity index is 2.32. The third-order valence-electron chi connectivity index (χ3n) is 2.58. The Bertz CT molecular complexity index is 535. The molecule has 18 heavy (non-hydrogen) atoms. The molecule has 0 fully saturated rings. The quantitative estimate of drug-likeness (QED) is 0.900. The lowest BCUT2D eigenvalue weighted by molar-refractivity contribution is 0.242. The van der Waals surface area contributed by atoms with E-state index in [1.54, 1.807) is 0 Å². The summed E-state index contributed by atoms with van der Waals surface area (Å²) in [6.07, 6.45) is 1.70. The maximum atomic E-state index is 5.98. The minimum Gasteiger partial charge on any atom is -0.491 e. The zero-order chi connectivity index (χ0) is 13.1. The molecule has 0 unspecified atom stereocenters. The molecular formula is C14H17N3O. The number of aryl methyl sites for hydroxylation is 1. The molecule has 4 heteroatoms. The molecule has 0 saturated heterocycles. The minimum atomic E-state index is 0.169. The molecule has 0 spiro atoms. The monoisotopic (exact) mass is 243 g/mol. The van der Waals surface area contributed by atoms with Crippen molar-refractivity contribution in [3.8, 4) is 17.0 Å². The molecule has 0 radical (unpaired) electrons. The number of nitrogens with two attached hydrogens (primary N) is 1. The van der Waals surface area contributed by atoms with Crippen LogP contribution in [0.3, 0.4) is 0 Å². The van der Waals surface area contributed by atoms with Gasteiger partial charge < -0.3 is 10.5 Å². The van der Waals surface area contributed by atoms with Crippen molar-refractivity contribution in [2.24, 2.45) is 0 Å². The van der Waals surface area contributed by atoms with Crippen LogP contribution >= 0.6 is 0 Å². The van der Waals surface area contributed by atoms with E-state index in [0.717, 1.165) is 22.7 Å². The van der Waals surface area contributed by atoms with Crippen molar-refractivity contribution in [3.63, 3.8) is 0 Å². The van der Waals surface area contributed by atoms with Crippen molar-refractivity contribution in [2.45, 2.75) is 26.9 Å². The Labute approximate surface area is 107 Å². The Morgan fingerprint density at radius 3 is 2.39 bits per heavy atom. The van der Waals surface area contributed by atoms with Crippen molar-refractivity contribution in [1.82, 2.24) is 9.97 Å². The van der Waals surface area contributed by atoms with Gasteiger partial charge in [-0.15, -0.1) is 0 Å². The summed E-state index contributed by atoms with van der Waals surface area (Å²) in [6, 6.07) is 7.75. The summed E-state index contributed by atoms with van der Waals surface area (Å²) >= 11 is 0. The SMILES string of the molecule is Cc1ncnc(-c2ccc(OC(C)C)cc2)c1N. The first-order valence-corrected chi connectivity index (χ1v) is 5.92. The smallest absolute Gasteiger partial charge is 0.119 e. The molecule has 1 heterocycles. The number of ether oxygens (including phenoxy) is 1. The summed E-state index contributed by atoms with van der Waals surface area (Å²) in [5.41, 5.74) is 9.12. The fourth-order valence-corrected chi connectivity index (χ4v) is 1.68. The predicted molar refractivity (Wildman–Crippen MR) is 72.4 cm³/mol. The van der Waals surface area contributed by atoms with E-state index in [0.29, 0.717) is 5.69 Å². The maximum Gasteiger partial charge on any atom is 0.119 e. The largest absolute Gasteiger partial charge is 0.491 e. The summed E-state index contributed by atoms with van der Waals surface area (Å²) in [4.78, 5) is 8.28. The van der Waals surface area contributed by atoms with E-state index in [2.05, 4.69) is 9.97 Å². The summed E-state index contributed by atoms with van der Waals surface area (Å²) < 4.78 is 5.60. The van der Waals surface area contributed by atoms with E-state index >= 15 is 0 Å². The highest BCUT2D eigenvalue weighted by Gasteiger charge is 2.07. The summed E-state index contributed by atoms with van der Waals surface area (Å²) in [7, 11) is 0. The molecule has 4 nitrogen and oxygen atoms in total. The average Bonchev–Trinajstić information content (AvgIpc) is 2.33. The van der Waals surface area contributed by atoms with E-state index < -0.39 is 0 Å². The summed E-state index contributed by atoms with van der Waals surface area (Å²) in [5.74, 6) is 0.845. The molecule has 1 aromatic carbocycles. The standard InChI is InChI=1S/C14H17N3O/c1-9(2)18-12-6-4-11(5-7-12)14-13(15)10(3)16-8-17-14/h4-9H,15H2,1-3H3. The van der Waals surface area contributed by atoms with Gasteiger partial charge in [0.2, 0.25) is 0 Å². The van der Waals surface area contributed by atoms with Gasteiger partial charge in [-0.1, -0.05) is 0 Å². The molecule has 0 saturated carbocycles. The van der Waals surface area contributed by atoms with E-state index in [1.165, 1.54) is 6.33 Å². The van der Waals surface area contributed by atoms with Crippen LogP contribution in [0.5, 0.6) is 5.75 Å². The number of nitrogens with zero attached hydrogens (tertiary/aromatic N) is 2. The molecule has 0 atom stereocenters. The van der Waals surface area contributed by atoms with Crippen LogP contribution in [-0.2, 0) is 0 Å². The van der Waals surface area contributed by atoms with Crippen LogP contribution in [-0.4, -0.2) is 16.1 Å². The second kappa shape index (κ2) is 5.04. The van der Waals surface area contributed by atoms with Gasteiger partial charge in [-0.2, -0.15) is 0 Å². The molecule has 0 aliphatic carbocycles. The third kappa shape index (κ3) is 2.59. The number of hydrogen-bond acceptors (Lipinski definition) is 4. The van der Waals surface area contributed by atoms with Crippen molar-refractivity contribution in [3.05, 3.63) is 36.3 Å². The summed E-state index contributed by atoms with van der Waals surface area (Å²) in [5, 5.41) is 0. The van der Waals surface area contributed by atoms with Gasteiger partial charge >= 0.3 is 0 Å². The van der Waals surface area contributed by atoms with Crippen LogP contribution in [0.4, 0.5) is 5.69 Å². The third-order valence-corrected chi connectivity index (χ3v) is 2.58. The first kappa shape index (κ1) is 12.4. The van der Waals surface area contributed by atoms with Gasteiger partial charge in [-0.25, -0.2) is 9.97 Å². The Hall–Kier alpha value is -2.10. The lowest BCUT2D eigenvalue weighted by Crippen LogP contribution is -2.05. The molecule has 2 N–H and O–H groups in total. The first-order chi connectivity index (χ1) is 8.58. The molecule has 2 aromatic rings. The number of anilines is 1. The second-order valence-electron chi connectivity index (χ2n) is 4.41. The fraction of sp³-hybridized carbons (Fsp3) is 0.286. The number of rotatable bonds is 3. The zero-order valence-corrected chi connectivity index (χ0v) is 10.8. The van der Waals surface area contributed by atoms with Crippen molar-refractivity contribution in [1.29, 1.82) is 0 Å². The van der Waals surface area contributed by atoms with Gasteiger partial charge in [0.1, 0.15) is 12.1 Å². The summed E-state index contributed by atoms with van der Waals surface area (Å²) in [6.45, 7) is 5.87. The van der Waals surface area contributed by atoms with Crippen LogP contribution in [0, 0.1) is 6.92 Å². The highest BCUT2D eigenvalue weighted by atomic mass is 16.5. The topological polar surface area (TPSA) is 61.0 Å². The van der Waals surface area contributed by atoms with Crippen LogP contribution in [0.15, 0.2) is 30.6 Å². The van der Waals surface area contributed by atoms with E-state index in [9.17, 15) is 0 Å². The van der Waals surface area contributed by atoms with Gasteiger partial charge in [0.25, 0.3) is 0 Å². The van der Waals surface area contributed by atoms with Crippen LogP contribution in [0.25, 0.3) is 11.3 Å². The number of nitrogen functional groups attached to an aromatic ring is 1. The normalized spacial score (nSPS) is 10.7. The van der Waals surface area contributed by atoms with Crippen LogP contribution in [0.2, 0.25) is 0 Å². The van der Waals surface area contributed by atoms with Crippen molar-refractivity contribution < 1.29 is 4.74 Å². The van der Waals surface area contributed by atoms with Gasteiger partial charge in [-0.3, -0.25) is 0 Å². The Morgan fingerprint density at radius 2 is 1.78 bits per heavy atom. The molecule has 1 aromatic heterocycles. The van der Waals surface area contributed by atoms with E-state index in [-0.39, 0.29) is 6.10 Å². The van der Waals surface area contributed by atoms with Gasteiger partial charge in [0, 0.05) is 5.56 Å². The Morgan fingerprint density at radius 1 is 1.11 bits per heavy atom. The highest BCUT2D eigenvalue weighted by Crippen LogP contribution is 2.26. The molecule has 0 bridgehead atoms. The van der Waals surface area contributed by atoms with Crippen molar-refractivity contribution in [2.75, 3.05) is 5.73 Å². The molecule has 2 rings (SSSR count). The van der Waals surface area contributed by atoms with E-state index in [1.807, 2.05) is 45.0 Å². The molecule has 0 aliphatic rings. The van der Waals surface area contributed by atoms with Gasteiger partial charge in [0.05, 0.1) is 23.2 Å². The first-order valence-electron chi connectivity index (χ1n) is 5.92. The lowest BCUT2D eigenvalue weighted by Gasteiger charge is -2.11. The Kier molecular flexibility index (Phi) is 3.46. The number of aromatic nitrogens is 2. The molecule has 0 aliphatic heterocycles. The maximum absolute atomic E-state index is 5.98. The van der Waals surface area contributed by atoms with Gasteiger partial charge in [0.15, 0.2) is 0 Å². The van der Waals surface area contributed by atoms with Crippen molar-refractivity contribution >= 4 is 5.69 Å². The second-order valence-corrected chi connectivity index (χ2v) is 4.41. The van der Waals surface area contributed by atoms with Gasteiger partial charge in [-0.05, 0) is 45.0 Å². The number of benzene rings is 1. The minimum absolute atomic E-state index is 0.169. The molecule has 94 valence electrons.